The molecule has 2 N–H and O–H groups in total. The molecule has 1 fully saturated rings. The lowest BCUT2D eigenvalue weighted by molar-refractivity contribution is -0.0793. The molecule has 1 unspecified atom stereocenters. The predicted molar refractivity (Wildman–Crippen MR) is 120 cm³/mol. The van der Waals surface area contributed by atoms with Crippen LogP contribution in [-0.4, -0.2) is 39.0 Å². The second kappa shape index (κ2) is 7.24. The van der Waals surface area contributed by atoms with E-state index in [9.17, 15) is 9.59 Å². The van der Waals surface area contributed by atoms with Gasteiger partial charge in [-0.25, -0.2) is 0 Å². The average Bonchev–Trinajstić information content (AvgIpc) is 3.19. The van der Waals surface area contributed by atoms with Gasteiger partial charge in [-0.3, -0.25) is 14.3 Å². The van der Waals surface area contributed by atoms with Gasteiger partial charge in [0.05, 0.1) is 23.8 Å². The lowest BCUT2D eigenvalue weighted by Crippen LogP contribution is -2.51. The van der Waals surface area contributed by atoms with Crippen LogP contribution in [0, 0.1) is 11.8 Å². The van der Waals surface area contributed by atoms with Crippen molar-refractivity contribution >= 4 is 22.5 Å². The van der Waals surface area contributed by atoms with Gasteiger partial charge < -0.3 is 19.8 Å². The molecule has 3 aromatic rings. The van der Waals surface area contributed by atoms with Gasteiger partial charge in [0, 0.05) is 23.8 Å². The minimum absolute atomic E-state index is 0.145. The predicted octanol–water partition coefficient (Wildman–Crippen LogP) is 3.05. The van der Waals surface area contributed by atoms with E-state index in [-0.39, 0.29) is 23.0 Å². The van der Waals surface area contributed by atoms with Crippen LogP contribution >= 0.6 is 0 Å². The molecule has 8 nitrogen and oxygen atoms in total. The lowest BCUT2D eigenvalue weighted by atomic mass is 9.80. The molecule has 0 radical (unpaired) electrons. The molecule has 164 valence electrons. The second-order valence-corrected chi connectivity index (χ2v) is 8.82. The van der Waals surface area contributed by atoms with Crippen LogP contribution in [0.4, 0.5) is 5.69 Å². The molecule has 0 saturated carbocycles. The summed E-state index contributed by atoms with van der Waals surface area (Å²) in [6, 6.07) is 6.70. The normalized spacial score (nSPS) is 23.8. The first-order chi connectivity index (χ1) is 15.3. The van der Waals surface area contributed by atoms with Gasteiger partial charge in [0.1, 0.15) is 22.6 Å². The minimum atomic E-state index is -0.504. The van der Waals surface area contributed by atoms with Crippen LogP contribution in [0.2, 0.25) is 0 Å². The topological polar surface area (TPSA) is 98.2 Å². The molecule has 1 amide bonds. The van der Waals surface area contributed by atoms with E-state index in [1.54, 1.807) is 24.3 Å². The Balaban J connectivity index is 1.56. The van der Waals surface area contributed by atoms with Crippen LogP contribution in [-0.2, 0) is 10.3 Å². The van der Waals surface area contributed by atoms with Crippen molar-refractivity contribution in [3.63, 3.8) is 0 Å². The third-order valence-electron chi connectivity index (χ3n) is 5.92. The fraction of sp³-hybridized carbons (Fsp3) is 0.375. The number of anilines is 1. The number of carbonyl (C=O) groups is 1. The Kier molecular flexibility index (Phi) is 4.60. The smallest absolute Gasteiger partial charge is 0.271 e. The number of nitrogens with zero attached hydrogens (tertiary/aromatic N) is 2. The summed E-state index contributed by atoms with van der Waals surface area (Å²) in [4.78, 5) is 27.6. The van der Waals surface area contributed by atoms with E-state index in [0.717, 1.165) is 18.2 Å². The van der Waals surface area contributed by atoms with Gasteiger partial charge in [0.2, 0.25) is 0 Å². The number of fused-ring (bicyclic) bond motifs is 3. The summed E-state index contributed by atoms with van der Waals surface area (Å²) in [5, 5.41) is 8.21. The summed E-state index contributed by atoms with van der Waals surface area (Å²) < 4.78 is 13.8. The molecule has 2 atom stereocenters. The third kappa shape index (κ3) is 3.45. The number of hydrogen-bond donors (Lipinski definition) is 2. The highest BCUT2D eigenvalue weighted by atomic mass is 16.5. The van der Waals surface area contributed by atoms with Crippen molar-refractivity contribution in [2.45, 2.75) is 50.9 Å². The van der Waals surface area contributed by atoms with Gasteiger partial charge in [-0.05, 0) is 51.8 Å². The Hall–Kier alpha value is -3.57. The number of amides is 1. The van der Waals surface area contributed by atoms with Crippen molar-refractivity contribution in [2.24, 2.45) is 0 Å². The summed E-state index contributed by atoms with van der Waals surface area (Å²) in [5.41, 5.74) is -0.0515. The number of rotatable bonds is 5. The number of aromatic nitrogens is 3. The minimum Gasteiger partial charge on any atom is -0.490 e. The summed E-state index contributed by atoms with van der Waals surface area (Å²) in [5.74, 6) is 6.55. The Morgan fingerprint density at radius 2 is 2.19 bits per heavy atom. The molecular formula is C24H24N4O4. The lowest BCUT2D eigenvalue weighted by Gasteiger charge is -2.43. The summed E-state index contributed by atoms with van der Waals surface area (Å²) >= 11 is 0. The van der Waals surface area contributed by atoms with Gasteiger partial charge in [-0.15, -0.1) is 0 Å². The highest BCUT2D eigenvalue weighted by Crippen LogP contribution is 2.39. The van der Waals surface area contributed by atoms with E-state index < -0.39 is 11.4 Å². The first-order valence-electron chi connectivity index (χ1n) is 10.6. The number of H-pyrrole nitrogens is 1. The zero-order valence-corrected chi connectivity index (χ0v) is 18.2. The molecule has 6 rings (SSSR count). The Morgan fingerprint density at radius 1 is 1.34 bits per heavy atom. The monoisotopic (exact) mass is 432 g/mol. The molecule has 2 aromatic heterocycles. The third-order valence-corrected chi connectivity index (χ3v) is 5.92. The van der Waals surface area contributed by atoms with Crippen molar-refractivity contribution in [3.8, 4) is 17.6 Å². The second-order valence-electron chi connectivity index (χ2n) is 8.82. The molecule has 2 aliphatic heterocycles. The average molecular weight is 432 g/mol. The van der Waals surface area contributed by atoms with Crippen LogP contribution in [0.1, 0.15) is 44.0 Å². The number of nitrogens with one attached hydrogen (secondary N) is 2. The molecule has 4 heterocycles. The van der Waals surface area contributed by atoms with Crippen LogP contribution in [0.3, 0.4) is 0 Å². The first-order valence-corrected chi connectivity index (χ1v) is 10.6. The number of benzene rings is 1. The number of carbonyl (C=O) groups excluding carboxylic acids is 1. The standard InChI is InChI=1S/C24H24N4O4/c1-15(2)32-20-12-19-16(11-17(20)21(29)26-18-5-4-10-25-22(18)30)13-28(27-19)24-8-6-23(3,7-9-24)31-14-24/h4-5,10-13,15H,6,8,14H2,1-3H3,(H,25,30)(H,26,29)/t23-,24?/m1/s1. The van der Waals surface area contributed by atoms with Gasteiger partial charge in [-0.1, -0.05) is 11.8 Å². The SMILES string of the molecule is CC(C)Oc1cc2nn(C34C#C[C@@](C)(CC3)OC4)cc2cc1C(=O)Nc1ccc[nH]c1=O. The summed E-state index contributed by atoms with van der Waals surface area (Å²) in [6.45, 7) is 6.27. The fourth-order valence-electron chi connectivity index (χ4n) is 4.06. The Bertz CT molecular complexity index is 1330. The van der Waals surface area contributed by atoms with E-state index in [1.807, 2.05) is 31.6 Å². The molecule has 3 aliphatic rings. The summed E-state index contributed by atoms with van der Waals surface area (Å²) in [6.07, 6.45) is 4.96. The summed E-state index contributed by atoms with van der Waals surface area (Å²) in [7, 11) is 0. The van der Waals surface area contributed by atoms with Crippen molar-refractivity contribution in [1.29, 1.82) is 0 Å². The molecule has 8 heteroatoms. The number of ether oxygens (including phenoxy) is 2. The van der Waals surface area contributed by atoms with Gasteiger partial charge in [0.15, 0.2) is 0 Å². The van der Waals surface area contributed by atoms with Gasteiger partial charge >= 0.3 is 0 Å². The first kappa shape index (κ1) is 20.3. The van der Waals surface area contributed by atoms with E-state index in [0.29, 0.717) is 23.4 Å². The molecular weight excluding hydrogens is 408 g/mol. The van der Waals surface area contributed by atoms with Crippen LogP contribution < -0.4 is 15.6 Å². The number of hydrogen-bond acceptors (Lipinski definition) is 5. The zero-order chi connectivity index (χ0) is 22.5. The molecule has 2 bridgehead atoms. The highest BCUT2D eigenvalue weighted by Gasteiger charge is 2.45. The maximum atomic E-state index is 13.1. The van der Waals surface area contributed by atoms with E-state index >= 15 is 0 Å². The van der Waals surface area contributed by atoms with Crippen molar-refractivity contribution < 1.29 is 14.3 Å². The van der Waals surface area contributed by atoms with Crippen molar-refractivity contribution in [1.82, 2.24) is 14.8 Å². The van der Waals surface area contributed by atoms with Crippen molar-refractivity contribution in [3.05, 3.63) is 52.6 Å². The van der Waals surface area contributed by atoms with E-state index in [4.69, 9.17) is 14.6 Å². The number of pyridine rings is 1. The largest absolute Gasteiger partial charge is 0.490 e. The van der Waals surface area contributed by atoms with Gasteiger partial charge in [0.25, 0.3) is 11.5 Å². The van der Waals surface area contributed by atoms with Gasteiger partial charge in [-0.2, -0.15) is 5.10 Å². The van der Waals surface area contributed by atoms with Crippen LogP contribution in [0.15, 0.2) is 41.5 Å². The molecule has 32 heavy (non-hydrogen) atoms. The fourth-order valence-corrected chi connectivity index (χ4v) is 4.06. The number of aromatic amines is 1. The van der Waals surface area contributed by atoms with E-state index in [1.165, 1.54) is 6.20 Å². The Morgan fingerprint density at radius 3 is 2.84 bits per heavy atom. The molecule has 1 aliphatic carbocycles. The van der Waals surface area contributed by atoms with Crippen molar-refractivity contribution in [2.75, 3.05) is 11.9 Å². The Labute approximate surface area is 184 Å². The quantitative estimate of drug-likeness (QED) is 0.604. The van der Waals surface area contributed by atoms with Crippen LogP contribution in [0.5, 0.6) is 5.75 Å². The maximum absolute atomic E-state index is 13.1. The molecule has 1 saturated heterocycles. The highest BCUT2D eigenvalue weighted by molar-refractivity contribution is 6.08. The molecule has 1 aromatic carbocycles. The molecule has 0 spiro atoms. The van der Waals surface area contributed by atoms with Crippen LogP contribution in [0.25, 0.3) is 10.9 Å². The van der Waals surface area contributed by atoms with E-state index in [2.05, 4.69) is 22.1 Å². The maximum Gasteiger partial charge on any atom is 0.271 e. The zero-order valence-electron chi connectivity index (χ0n) is 18.2.